The Morgan fingerprint density at radius 2 is 1.93 bits per heavy atom. The maximum Gasteiger partial charge on any atom is 0.339 e. The van der Waals surface area contributed by atoms with Crippen LogP contribution in [0.15, 0.2) is 0 Å². The summed E-state index contributed by atoms with van der Waals surface area (Å²) in [5, 5.41) is 10.8. The lowest BCUT2D eigenvalue weighted by Crippen LogP contribution is -2.38. The number of hydrogen-bond acceptors (Lipinski definition) is 4. The van der Waals surface area contributed by atoms with E-state index in [2.05, 4.69) is 5.32 Å². The summed E-state index contributed by atoms with van der Waals surface area (Å²) in [7, 11) is -4.30. The first-order valence-electron chi connectivity index (χ1n) is 4.01. The van der Waals surface area contributed by atoms with Gasteiger partial charge < -0.3 is 20.6 Å². The molecule has 1 unspecified atom stereocenters. The Morgan fingerprint density at radius 1 is 1.40 bits per heavy atom. The molecule has 8 nitrogen and oxygen atoms in total. The smallest absolute Gasteiger partial charge is 0.339 e. The fraction of sp³-hybridized carbons (Fsp3) is 0.667. The second-order valence-electron chi connectivity index (χ2n) is 2.92. The van der Waals surface area contributed by atoms with Gasteiger partial charge in [0.2, 0.25) is 5.91 Å². The van der Waals surface area contributed by atoms with E-state index in [1.54, 1.807) is 0 Å². The number of nitrogens with one attached hydrogen (secondary N) is 1. The Bertz CT molecular complexity index is 287. The van der Waals surface area contributed by atoms with Crippen LogP contribution in [0.3, 0.4) is 0 Å². The number of carboxylic acid groups (broad SMARTS) is 1. The molecule has 0 saturated carbocycles. The van der Waals surface area contributed by atoms with Crippen LogP contribution in [-0.2, 0) is 14.2 Å². The zero-order valence-electron chi connectivity index (χ0n) is 7.79. The van der Waals surface area contributed by atoms with E-state index < -0.39 is 31.8 Å². The van der Waals surface area contributed by atoms with Crippen LogP contribution in [-0.4, -0.2) is 39.1 Å². The molecule has 0 spiro atoms. The van der Waals surface area contributed by atoms with Crippen LogP contribution in [0.4, 0.5) is 0 Å². The Morgan fingerprint density at radius 3 is 2.27 bits per heavy atom. The van der Waals surface area contributed by atoms with Crippen molar-refractivity contribution in [3.63, 3.8) is 0 Å². The molecule has 0 bridgehead atoms. The first kappa shape index (κ1) is 14.1. The fourth-order valence-electron chi connectivity index (χ4n) is 0.829. The lowest BCUT2D eigenvalue weighted by Gasteiger charge is -2.13. The first-order valence-corrected chi connectivity index (χ1v) is 5.81. The average Bonchev–Trinajstić information content (AvgIpc) is 2.00. The number of rotatable bonds is 7. The van der Waals surface area contributed by atoms with Crippen molar-refractivity contribution in [2.75, 3.05) is 6.29 Å². The van der Waals surface area contributed by atoms with Gasteiger partial charge in [-0.05, 0) is 6.42 Å². The highest BCUT2D eigenvalue weighted by Crippen LogP contribution is 2.32. The van der Waals surface area contributed by atoms with E-state index in [0.717, 1.165) is 0 Å². The van der Waals surface area contributed by atoms with Gasteiger partial charge in [0.15, 0.2) is 0 Å². The molecule has 0 aromatic carbocycles. The van der Waals surface area contributed by atoms with Gasteiger partial charge in [-0.25, -0.2) is 0 Å². The molecule has 0 aliphatic rings. The van der Waals surface area contributed by atoms with Gasteiger partial charge in [-0.3, -0.25) is 19.5 Å². The number of nitrogens with two attached hydrogens (primary N) is 1. The second kappa shape index (κ2) is 5.82. The normalized spacial score (nSPS) is 13.5. The highest BCUT2D eigenvalue weighted by atomic mass is 31.2. The third-order valence-electron chi connectivity index (χ3n) is 1.52. The summed E-state index contributed by atoms with van der Waals surface area (Å²) in [5.41, 5.74) is 4.81. The number of aliphatic carboxylic acids is 1. The number of carboxylic acids is 1. The van der Waals surface area contributed by atoms with E-state index in [0.29, 0.717) is 0 Å². The quantitative estimate of drug-likeness (QED) is 0.337. The molecule has 1 atom stereocenters. The molecular formula is C6H13N2O6P. The van der Waals surface area contributed by atoms with Crippen LogP contribution >= 0.6 is 7.60 Å². The highest BCUT2D eigenvalue weighted by molar-refractivity contribution is 7.51. The van der Waals surface area contributed by atoms with Crippen molar-refractivity contribution in [3.05, 3.63) is 0 Å². The summed E-state index contributed by atoms with van der Waals surface area (Å²) in [5.74, 6) is -1.95. The van der Waals surface area contributed by atoms with Crippen LogP contribution in [0.5, 0.6) is 0 Å². The highest BCUT2D eigenvalue weighted by Gasteiger charge is 2.21. The molecule has 0 aromatic heterocycles. The van der Waals surface area contributed by atoms with Crippen molar-refractivity contribution in [3.8, 4) is 0 Å². The van der Waals surface area contributed by atoms with Crippen molar-refractivity contribution in [2.24, 2.45) is 5.73 Å². The zero-order chi connectivity index (χ0) is 12.1. The van der Waals surface area contributed by atoms with Crippen molar-refractivity contribution in [1.29, 1.82) is 0 Å². The molecule has 0 heterocycles. The predicted molar refractivity (Wildman–Crippen MR) is 49.9 cm³/mol. The van der Waals surface area contributed by atoms with Gasteiger partial charge in [0.25, 0.3) is 0 Å². The largest absolute Gasteiger partial charge is 0.480 e. The molecular weight excluding hydrogens is 227 g/mol. The molecule has 0 rings (SSSR count). The molecule has 0 aromatic rings. The minimum absolute atomic E-state index is 0.106. The number of hydrogen-bond donors (Lipinski definition) is 5. The summed E-state index contributed by atoms with van der Waals surface area (Å²) < 4.78 is 10.4. The maximum atomic E-state index is 10.6. The van der Waals surface area contributed by atoms with Gasteiger partial charge in [0, 0.05) is 6.42 Å². The molecule has 0 fully saturated rings. The zero-order valence-corrected chi connectivity index (χ0v) is 8.68. The molecule has 0 aliphatic heterocycles. The summed E-state index contributed by atoms with van der Waals surface area (Å²) in [4.78, 5) is 37.9. The minimum Gasteiger partial charge on any atom is -0.480 e. The van der Waals surface area contributed by atoms with Crippen molar-refractivity contribution in [2.45, 2.75) is 18.9 Å². The number of carbonyl (C=O) groups excluding carboxylic acids is 1. The molecule has 0 aliphatic carbocycles. The number of amides is 1. The molecule has 0 radical (unpaired) electrons. The predicted octanol–water partition coefficient (Wildman–Crippen LogP) is -1.57. The summed E-state index contributed by atoms with van der Waals surface area (Å²) >= 11 is 0. The van der Waals surface area contributed by atoms with Gasteiger partial charge in [-0.15, -0.1) is 0 Å². The van der Waals surface area contributed by atoms with Crippen LogP contribution in [0.2, 0.25) is 0 Å². The molecule has 9 heteroatoms. The van der Waals surface area contributed by atoms with Crippen molar-refractivity contribution in [1.82, 2.24) is 5.32 Å². The summed E-state index contributed by atoms with van der Waals surface area (Å²) in [6, 6.07) is -1.19. The van der Waals surface area contributed by atoms with Crippen molar-refractivity contribution >= 4 is 19.5 Å². The van der Waals surface area contributed by atoms with E-state index in [9.17, 15) is 14.2 Å². The number of carbonyl (C=O) groups is 2. The van der Waals surface area contributed by atoms with Crippen LogP contribution in [0, 0.1) is 0 Å². The van der Waals surface area contributed by atoms with Gasteiger partial charge >= 0.3 is 13.6 Å². The Labute approximate surface area is 85.6 Å². The second-order valence-corrected chi connectivity index (χ2v) is 4.57. The van der Waals surface area contributed by atoms with E-state index in [4.69, 9.17) is 20.6 Å². The molecule has 88 valence electrons. The van der Waals surface area contributed by atoms with Crippen LogP contribution in [0.25, 0.3) is 0 Å². The van der Waals surface area contributed by atoms with E-state index >= 15 is 0 Å². The number of primary amides is 1. The van der Waals surface area contributed by atoms with Crippen molar-refractivity contribution < 1.29 is 29.0 Å². The lowest BCUT2D eigenvalue weighted by atomic mass is 10.1. The lowest BCUT2D eigenvalue weighted by molar-refractivity contribution is -0.139. The summed E-state index contributed by atoms with van der Waals surface area (Å²) in [6.45, 7) is 0. The minimum atomic E-state index is -4.30. The SMILES string of the molecule is NC(=O)CCC(NCP(=O)(O)O)C(=O)O. The Kier molecular flexibility index (Phi) is 5.45. The van der Waals surface area contributed by atoms with Gasteiger partial charge in [-0.1, -0.05) is 0 Å². The van der Waals surface area contributed by atoms with Gasteiger partial charge in [-0.2, -0.15) is 0 Å². The molecule has 15 heavy (non-hydrogen) atoms. The third-order valence-corrected chi connectivity index (χ3v) is 2.12. The monoisotopic (exact) mass is 240 g/mol. The van der Waals surface area contributed by atoms with E-state index in [1.165, 1.54) is 0 Å². The average molecular weight is 240 g/mol. The van der Waals surface area contributed by atoms with Gasteiger partial charge in [0.05, 0.1) is 6.29 Å². The molecule has 0 saturated heterocycles. The standard InChI is InChI=1S/C6H13N2O6P/c7-5(9)2-1-4(6(10)11)8-3-15(12,13)14/h4,8H,1-3H2,(H2,7,9)(H,10,11)(H2,12,13,14). The van der Waals surface area contributed by atoms with Crippen LogP contribution in [0.1, 0.15) is 12.8 Å². The van der Waals surface area contributed by atoms with E-state index in [-0.39, 0.29) is 12.8 Å². The Hall–Kier alpha value is -0.950. The van der Waals surface area contributed by atoms with Crippen LogP contribution < -0.4 is 11.1 Å². The summed E-state index contributed by atoms with van der Waals surface area (Å²) in [6.07, 6.45) is -1.02. The topological polar surface area (TPSA) is 150 Å². The maximum absolute atomic E-state index is 10.6. The third kappa shape index (κ3) is 8.07. The molecule has 6 N–H and O–H groups in total. The first-order chi connectivity index (χ1) is 6.72. The Balaban J connectivity index is 4.11. The van der Waals surface area contributed by atoms with Gasteiger partial charge in [0.1, 0.15) is 6.04 Å². The van der Waals surface area contributed by atoms with E-state index in [1.807, 2.05) is 0 Å². The molecule has 1 amide bonds. The fourth-order valence-corrected chi connectivity index (χ4v) is 1.29.